The van der Waals surface area contributed by atoms with Gasteiger partial charge in [-0.15, -0.1) is 11.3 Å². The Labute approximate surface area is 112 Å². The first-order chi connectivity index (χ1) is 8.65. The van der Waals surface area contributed by atoms with Crippen LogP contribution < -0.4 is 10.6 Å². The molecule has 1 aromatic rings. The molecule has 100 valence electrons. The molecule has 2 rings (SSSR count). The number of piperazine rings is 1. The van der Waals surface area contributed by atoms with E-state index < -0.39 is 0 Å². The molecule has 4 nitrogen and oxygen atoms in total. The van der Waals surface area contributed by atoms with E-state index in [1.54, 1.807) is 11.3 Å². The second kappa shape index (κ2) is 6.31. The summed E-state index contributed by atoms with van der Waals surface area (Å²) in [4.78, 5) is 16.6. The van der Waals surface area contributed by atoms with E-state index in [0.717, 1.165) is 26.2 Å². The molecular formula is C13H21N3OS. The molecule has 5 heteroatoms. The van der Waals surface area contributed by atoms with Crippen molar-refractivity contribution in [3.63, 3.8) is 0 Å². The van der Waals surface area contributed by atoms with Gasteiger partial charge in [-0.05, 0) is 26.0 Å². The summed E-state index contributed by atoms with van der Waals surface area (Å²) >= 11 is 1.75. The van der Waals surface area contributed by atoms with Crippen LogP contribution in [0.1, 0.15) is 22.7 Å². The first-order valence-electron chi connectivity index (χ1n) is 6.44. The lowest BCUT2D eigenvalue weighted by Gasteiger charge is -2.27. The zero-order valence-corrected chi connectivity index (χ0v) is 11.8. The van der Waals surface area contributed by atoms with Crippen LogP contribution in [0.2, 0.25) is 0 Å². The minimum Gasteiger partial charge on any atom is -0.348 e. The van der Waals surface area contributed by atoms with Gasteiger partial charge in [0.05, 0.1) is 12.6 Å². The van der Waals surface area contributed by atoms with Crippen molar-refractivity contribution in [3.8, 4) is 0 Å². The van der Waals surface area contributed by atoms with E-state index in [9.17, 15) is 4.79 Å². The molecule has 1 fully saturated rings. The van der Waals surface area contributed by atoms with Gasteiger partial charge in [0.1, 0.15) is 0 Å². The SMILES string of the molecule is Cc1ccc(C(C)NC(=O)CN2CCNCC2)s1. The third-order valence-electron chi connectivity index (χ3n) is 3.14. The molecule has 2 heterocycles. The highest BCUT2D eigenvalue weighted by atomic mass is 32.1. The molecule has 1 aromatic heterocycles. The molecule has 1 saturated heterocycles. The average molecular weight is 267 g/mol. The number of thiophene rings is 1. The highest BCUT2D eigenvalue weighted by molar-refractivity contribution is 7.12. The van der Waals surface area contributed by atoms with E-state index in [4.69, 9.17) is 0 Å². The molecule has 0 radical (unpaired) electrons. The first-order valence-corrected chi connectivity index (χ1v) is 7.25. The van der Waals surface area contributed by atoms with E-state index in [-0.39, 0.29) is 11.9 Å². The fourth-order valence-electron chi connectivity index (χ4n) is 2.12. The third kappa shape index (κ3) is 3.80. The van der Waals surface area contributed by atoms with Gasteiger partial charge >= 0.3 is 0 Å². The van der Waals surface area contributed by atoms with Crippen molar-refractivity contribution in [1.82, 2.24) is 15.5 Å². The van der Waals surface area contributed by atoms with Crippen molar-refractivity contribution in [2.24, 2.45) is 0 Å². The van der Waals surface area contributed by atoms with Gasteiger partial charge in [0.15, 0.2) is 0 Å². The van der Waals surface area contributed by atoms with Gasteiger partial charge in [-0.2, -0.15) is 0 Å². The quantitative estimate of drug-likeness (QED) is 0.860. The maximum absolute atomic E-state index is 11.9. The van der Waals surface area contributed by atoms with Crippen LogP contribution in [0.5, 0.6) is 0 Å². The summed E-state index contributed by atoms with van der Waals surface area (Å²) in [6.45, 7) is 8.51. The van der Waals surface area contributed by atoms with Crippen LogP contribution in [-0.2, 0) is 4.79 Å². The van der Waals surface area contributed by atoms with E-state index >= 15 is 0 Å². The van der Waals surface area contributed by atoms with Crippen molar-refractivity contribution in [2.45, 2.75) is 19.9 Å². The highest BCUT2D eigenvalue weighted by Gasteiger charge is 2.16. The van der Waals surface area contributed by atoms with Crippen molar-refractivity contribution >= 4 is 17.2 Å². The van der Waals surface area contributed by atoms with Crippen LogP contribution in [0.15, 0.2) is 12.1 Å². The number of nitrogens with one attached hydrogen (secondary N) is 2. The number of amides is 1. The van der Waals surface area contributed by atoms with E-state index in [0.29, 0.717) is 6.54 Å². The number of hydrogen-bond donors (Lipinski definition) is 2. The van der Waals surface area contributed by atoms with Gasteiger partial charge < -0.3 is 10.6 Å². The van der Waals surface area contributed by atoms with Gasteiger partial charge in [0.25, 0.3) is 0 Å². The van der Waals surface area contributed by atoms with E-state index in [2.05, 4.69) is 34.6 Å². The maximum Gasteiger partial charge on any atom is 0.234 e. The number of rotatable bonds is 4. The normalized spacial score (nSPS) is 18.6. The summed E-state index contributed by atoms with van der Waals surface area (Å²) < 4.78 is 0. The number of aryl methyl sites for hydroxylation is 1. The lowest BCUT2D eigenvalue weighted by Crippen LogP contribution is -2.47. The summed E-state index contributed by atoms with van der Waals surface area (Å²) in [5, 5.41) is 6.35. The van der Waals surface area contributed by atoms with Crippen LogP contribution in [0.25, 0.3) is 0 Å². The van der Waals surface area contributed by atoms with Crippen LogP contribution in [0.3, 0.4) is 0 Å². The molecule has 1 unspecified atom stereocenters. The highest BCUT2D eigenvalue weighted by Crippen LogP contribution is 2.22. The lowest BCUT2D eigenvalue weighted by atomic mass is 10.2. The predicted octanol–water partition coefficient (Wildman–Crippen LogP) is 1.14. The predicted molar refractivity (Wildman–Crippen MR) is 74.9 cm³/mol. The van der Waals surface area contributed by atoms with Crippen molar-refractivity contribution in [2.75, 3.05) is 32.7 Å². The number of carbonyl (C=O) groups is 1. The van der Waals surface area contributed by atoms with Gasteiger partial charge in [0, 0.05) is 35.9 Å². The Morgan fingerprint density at radius 1 is 1.50 bits per heavy atom. The summed E-state index contributed by atoms with van der Waals surface area (Å²) in [7, 11) is 0. The lowest BCUT2D eigenvalue weighted by molar-refractivity contribution is -0.123. The van der Waals surface area contributed by atoms with Crippen LogP contribution in [-0.4, -0.2) is 43.5 Å². The van der Waals surface area contributed by atoms with Crippen LogP contribution in [0.4, 0.5) is 0 Å². The second-order valence-electron chi connectivity index (χ2n) is 4.76. The minimum absolute atomic E-state index is 0.110. The van der Waals surface area contributed by atoms with E-state index in [1.165, 1.54) is 9.75 Å². The van der Waals surface area contributed by atoms with Gasteiger partial charge in [-0.25, -0.2) is 0 Å². The fraction of sp³-hybridized carbons (Fsp3) is 0.615. The molecule has 2 N–H and O–H groups in total. The molecule has 1 atom stereocenters. The smallest absolute Gasteiger partial charge is 0.234 e. The zero-order chi connectivity index (χ0) is 13.0. The second-order valence-corrected chi connectivity index (χ2v) is 6.08. The third-order valence-corrected chi connectivity index (χ3v) is 4.33. The standard InChI is InChI=1S/C13H21N3OS/c1-10-3-4-12(18-10)11(2)15-13(17)9-16-7-5-14-6-8-16/h3-4,11,14H,5-9H2,1-2H3,(H,15,17). The van der Waals surface area contributed by atoms with Crippen molar-refractivity contribution in [1.29, 1.82) is 0 Å². The minimum atomic E-state index is 0.110. The summed E-state index contributed by atoms with van der Waals surface area (Å²) in [6.07, 6.45) is 0. The molecule has 0 bridgehead atoms. The molecule has 1 amide bonds. The molecule has 0 saturated carbocycles. The van der Waals surface area contributed by atoms with Crippen LogP contribution >= 0.6 is 11.3 Å². The van der Waals surface area contributed by atoms with Gasteiger partial charge in [-0.3, -0.25) is 9.69 Å². The van der Waals surface area contributed by atoms with Gasteiger partial charge in [0.2, 0.25) is 5.91 Å². The fourth-order valence-corrected chi connectivity index (χ4v) is 3.00. The Bertz CT molecular complexity index is 399. The average Bonchev–Trinajstić information content (AvgIpc) is 2.77. The number of carbonyl (C=O) groups excluding carboxylic acids is 1. The molecular weight excluding hydrogens is 246 g/mol. The molecule has 1 aliphatic rings. The Morgan fingerprint density at radius 3 is 2.83 bits per heavy atom. The van der Waals surface area contributed by atoms with Crippen molar-refractivity contribution < 1.29 is 4.79 Å². The molecule has 0 aromatic carbocycles. The number of hydrogen-bond acceptors (Lipinski definition) is 4. The largest absolute Gasteiger partial charge is 0.348 e. The summed E-state index contributed by atoms with van der Waals surface area (Å²) in [6, 6.07) is 4.30. The molecule has 0 spiro atoms. The molecule has 1 aliphatic heterocycles. The Morgan fingerprint density at radius 2 is 2.22 bits per heavy atom. The summed E-state index contributed by atoms with van der Waals surface area (Å²) in [5.74, 6) is 0.121. The molecule has 0 aliphatic carbocycles. The Kier molecular flexibility index (Phi) is 4.74. The Hall–Kier alpha value is -0.910. The topological polar surface area (TPSA) is 44.4 Å². The number of nitrogens with zero attached hydrogens (tertiary/aromatic N) is 1. The molecule has 18 heavy (non-hydrogen) atoms. The first kappa shape index (κ1) is 13.5. The Balaban J connectivity index is 1.79. The van der Waals surface area contributed by atoms with E-state index in [1.807, 2.05) is 6.92 Å². The van der Waals surface area contributed by atoms with Crippen LogP contribution in [0, 0.1) is 6.92 Å². The zero-order valence-electron chi connectivity index (χ0n) is 11.0. The van der Waals surface area contributed by atoms with Gasteiger partial charge in [-0.1, -0.05) is 0 Å². The maximum atomic E-state index is 11.9. The summed E-state index contributed by atoms with van der Waals surface area (Å²) in [5.41, 5.74) is 0. The van der Waals surface area contributed by atoms with Crippen molar-refractivity contribution in [3.05, 3.63) is 21.9 Å². The monoisotopic (exact) mass is 267 g/mol.